The number of rotatable bonds is 13. The first-order valence-electron chi connectivity index (χ1n) is 9.42. The Bertz CT molecular complexity index is 612. The molecule has 1 fully saturated rings. The van der Waals surface area contributed by atoms with Crippen LogP contribution in [0.2, 0.25) is 0 Å². The fourth-order valence-electron chi connectivity index (χ4n) is 2.45. The fourth-order valence-corrected chi connectivity index (χ4v) is 5.06. The van der Waals surface area contributed by atoms with Crippen molar-refractivity contribution < 1.29 is 31.3 Å². The second-order valence-corrected chi connectivity index (χ2v) is 10.5. The maximum atomic E-state index is 12.8. The third kappa shape index (κ3) is 6.80. The van der Waals surface area contributed by atoms with Crippen molar-refractivity contribution >= 4 is 23.9 Å². The van der Waals surface area contributed by atoms with E-state index in [0.29, 0.717) is 23.6 Å². The molecule has 27 heavy (non-hydrogen) atoms. The lowest BCUT2D eigenvalue weighted by molar-refractivity contribution is -0.130. The lowest BCUT2D eigenvalue weighted by atomic mass is 10.0. The molecule has 1 heterocycles. The van der Waals surface area contributed by atoms with Gasteiger partial charge < -0.3 is 0 Å². The fraction of sp³-hybridized carbons (Fsp3) is 0.938. The summed E-state index contributed by atoms with van der Waals surface area (Å²) in [7, 11) is -6.62. The van der Waals surface area contributed by atoms with Crippen LogP contribution in [0.3, 0.4) is 0 Å². The van der Waals surface area contributed by atoms with Gasteiger partial charge in [-0.05, 0) is 25.2 Å². The molecule has 0 bridgehead atoms. The summed E-state index contributed by atoms with van der Waals surface area (Å²) < 4.78 is 55.2. The Labute approximate surface area is 163 Å². The predicted octanol–water partition coefficient (Wildman–Crippen LogP) is 3.14. The van der Waals surface area contributed by atoms with Crippen molar-refractivity contribution in [1.82, 2.24) is 8.61 Å². The first-order chi connectivity index (χ1) is 12.6. The maximum absolute atomic E-state index is 12.8. The largest absolute Gasteiger partial charge is 0.476 e. The Kier molecular flexibility index (Phi) is 9.88. The number of carbonyl (C=O) groups excluding carboxylic acids is 1. The smallest absolute Gasteiger partial charge is 0.287 e. The quantitative estimate of drug-likeness (QED) is 0.328. The second kappa shape index (κ2) is 10.9. The summed E-state index contributed by atoms with van der Waals surface area (Å²) in [5.41, 5.74) is 0. The van der Waals surface area contributed by atoms with Crippen LogP contribution in [0, 0.1) is 5.92 Å². The van der Waals surface area contributed by atoms with Crippen molar-refractivity contribution in [3.63, 3.8) is 0 Å². The van der Waals surface area contributed by atoms with Crippen molar-refractivity contribution in [2.75, 3.05) is 27.0 Å². The van der Waals surface area contributed by atoms with Gasteiger partial charge in [0.15, 0.2) is 0 Å². The van der Waals surface area contributed by atoms with E-state index in [9.17, 15) is 17.8 Å². The molecule has 0 aromatic rings. The number of unbranched alkanes of at least 4 members (excludes halogenated alkanes) is 2. The molecule has 160 valence electrons. The average Bonchev–Trinajstić information content (AvgIpc) is 2.73. The van der Waals surface area contributed by atoms with E-state index >= 15 is 0 Å². The molecule has 0 aromatic carbocycles. The summed E-state index contributed by atoms with van der Waals surface area (Å²) in [5, 5.41) is 0. The minimum absolute atomic E-state index is 0.137. The van der Waals surface area contributed by atoms with Crippen LogP contribution in [0.5, 0.6) is 0 Å². The highest BCUT2D eigenvalue weighted by Gasteiger charge is 2.49. The monoisotopic (exact) mass is 428 g/mol. The highest BCUT2D eigenvalue weighted by atomic mass is 32.2. The van der Waals surface area contributed by atoms with Gasteiger partial charge in [0.2, 0.25) is 0 Å². The van der Waals surface area contributed by atoms with Crippen LogP contribution >= 0.6 is 7.82 Å². The van der Waals surface area contributed by atoms with Gasteiger partial charge in [0, 0.05) is 7.05 Å². The standard InChI is InChI=1S/C16H33N2O7PS/c1-6-8-10-23-26(20,24-11-9-7-2)25-13-18-16(19)15(12-14(3)4)17(5)27(18,21)22/h14-15H,6-13H2,1-5H3. The molecule has 0 spiro atoms. The summed E-state index contributed by atoms with van der Waals surface area (Å²) in [5.74, 6) is -0.460. The molecule has 1 aliphatic heterocycles. The number of nitrogens with zero attached hydrogens (tertiary/aromatic N) is 2. The predicted molar refractivity (Wildman–Crippen MR) is 102 cm³/mol. The number of phosphoric acid groups is 1. The average molecular weight is 428 g/mol. The first-order valence-corrected chi connectivity index (χ1v) is 12.3. The summed E-state index contributed by atoms with van der Waals surface area (Å²) in [4.78, 5) is 12.6. The third-order valence-electron chi connectivity index (χ3n) is 4.13. The number of likely N-dealkylation sites (N-methyl/N-ethyl adjacent to an activating group) is 1. The zero-order chi connectivity index (χ0) is 20.7. The zero-order valence-electron chi connectivity index (χ0n) is 16.9. The summed E-state index contributed by atoms with van der Waals surface area (Å²) in [6, 6.07) is -0.792. The van der Waals surface area contributed by atoms with E-state index in [-0.39, 0.29) is 19.1 Å². The second-order valence-electron chi connectivity index (χ2n) is 6.94. The summed E-state index contributed by atoms with van der Waals surface area (Å²) in [6.07, 6.45) is 3.36. The van der Waals surface area contributed by atoms with Crippen LogP contribution in [-0.2, 0) is 33.1 Å². The maximum Gasteiger partial charge on any atom is 0.476 e. The Morgan fingerprint density at radius 1 is 1.07 bits per heavy atom. The number of amides is 1. The molecule has 1 aliphatic rings. The number of hydrogen-bond acceptors (Lipinski definition) is 7. The Hall–Kier alpha value is -0.510. The molecule has 1 rings (SSSR count). The molecule has 0 aliphatic carbocycles. The number of hydrogen-bond donors (Lipinski definition) is 0. The molecule has 1 atom stereocenters. The van der Waals surface area contributed by atoms with Crippen LogP contribution < -0.4 is 0 Å². The van der Waals surface area contributed by atoms with E-state index in [0.717, 1.165) is 17.1 Å². The first kappa shape index (κ1) is 24.5. The number of phosphoric ester groups is 1. The van der Waals surface area contributed by atoms with Crippen LogP contribution in [0.4, 0.5) is 0 Å². The molecule has 0 saturated carbocycles. The molecular formula is C16H33N2O7PS. The van der Waals surface area contributed by atoms with Crippen molar-refractivity contribution in [2.24, 2.45) is 5.92 Å². The highest BCUT2D eigenvalue weighted by Crippen LogP contribution is 2.50. The van der Waals surface area contributed by atoms with Gasteiger partial charge in [-0.15, -0.1) is 0 Å². The minimum Gasteiger partial charge on any atom is -0.287 e. The van der Waals surface area contributed by atoms with Gasteiger partial charge >= 0.3 is 18.0 Å². The van der Waals surface area contributed by atoms with E-state index < -0.39 is 36.7 Å². The van der Waals surface area contributed by atoms with Crippen molar-refractivity contribution in [3.05, 3.63) is 0 Å². The van der Waals surface area contributed by atoms with Crippen LogP contribution in [0.15, 0.2) is 0 Å². The van der Waals surface area contributed by atoms with E-state index in [2.05, 4.69) is 0 Å². The van der Waals surface area contributed by atoms with Gasteiger partial charge in [-0.3, -0.25) is 18.4 Å². The van der Waals surface area contributed by atoms with E-state index in [4.69, 9.17) is 13.6 Å². The molecule has 1 saturated heterocycles. The lowest BCUT2D eigenvalue weighted by Crippen LogP contribution is -2.34. The van der Waals surface area contributed by atoms with Gasteiger partial charge in [0.1, 0.15) is 12.8 Å². The molecule has 11 heteroatoms. The topological polar surface area (TPSA) is 102 Å². The molecule has 0 radical (unpaired) electrons. The van der Waals surface area contributed by atoms with Crippen LogP contribution in [-0.4, -0.2) is 56.0 Å². The zero-order valence-corrected chi connectivity index (χ0v) is 18.6. The van der Waals surface area contributed by atoms with Crippen molar-refractivity contribution in [2.45, 2.75) is 65.8 Å². The van der Waals surface area contributed by atoms with Crippen LogP contribution in [0.1, 0.15) is 59.8 Å². The Balaban J connectivity index is 2.85. The third-order valence-corrected chi connectivity index (χ3v) is 7.39. The van der Waals surface area contributed by atoms with E-state index in [1.807, 2.05) is 27.7 Å². The van der Waals surface area contributed by atoms with Gasteiger partial charge in [0.25, 0.3) is 5.91 Å². The normalized spacial score (nSPS) is 20.7. The molecule has 0 N–H and O–H groups in total. The van der Waals surface area contributed by atoms with Crippen molar-refractivity contribution in [3.8, 4) is 0 Å². The highest BCUT2D eigenvalue weighted by molar-refractivity contribution is 7.87. The SMILES string of the molecule is CCCCOP(=O)(OCCCC)OCN1C(=O)C(CC(C)C)N(C)S1(=O)=O. The lowest BCUT2D eigenvalue weighted by Gasteiger charge is -2.21. The van der Waals surface area contributed by atoms with E-state index in [1.165, 1.54) is 7.05 Å². The molecule has 9 nitrogen and oxygen atoms in total. The molecule has 0 aromatic heterocycles. The summed E-state index contributed by atoms with van der Waals surface area (Å²) in [6.45, 7) is 7.34. The number of carbonyl (C=O) groups is 1. The van der Waals surface area contributed by atoms with Crippen molar-refractivity contribution in [1.29, 1.82) is 0 Å². The Morgan fingerprint density at radius 2 is 1.59 bits per heavy atom. The van der Waals surface area contributed by atoms with Gasteiger partial charge in [-0.25, -0.2) is 4.57 Å². The minimum atomic E-state index is -4.02. The molecular weight excluding hydrogens is 395 g/mol. The van der Waals surface area contributed by atoms with E-state index in [1.54, 1.807) is 0 Å². The van der Waals surface area contributed by atoms with Gasteiger partial charge in [0.05, 0.1) is 13.2 Å². The Morgan fingerprint density at radius 3 is 2.04 bits per heavy atom. The van der Waals surface area contributed by atoms with Crippen LogP contribution in [0.25, 0.3) is 0 Å². The summed E-state index contributed by atoms with van der Waals surface area (Å²) >= 11 is 0. The van der Waals surface area contributed by atoms with Gasteiger partial charge in [-0.1, -0.05) is 40.5 Å². The van der Waals surface area contributed by atoms with Gasteiger partial charge in [-0.2, -0.15) is 17.0 Å². The molecule has 1 unspecified atom stereocenters. The molecule has 1 amide bonds.